The first-order valence-corrected chi connectivity index (χ1v) is 6.90. The molecule has 0 aromatic carbocycles. The molecule has 0 bridgehead atoms. The molecule has 1 atom stereocenters. The molecule has 1 saturated carbocycles. The van der Waals surface area contributed by atoms with Crippen LogP contribution in [0.5, 0.6) is 0 Å². The van der Waals surface area contributed by atoms with Gasteiger partial charge in [-0.25, -0.2) is 0 Å². The van der Waals surface area contributed by atoms with E-state index in [4.69, 9.17) is 4.74 Å². The molecule has 0 radical (unpaired) electrons. The quantitative estimate of drug-likeness (QED) is 0.730. The lowest BCUT2D eigenvalue weighted by atomic mass is 9.82. The van der Waals surface area contributed by atoms with Gasteiger partial charge in [0.05, 0.1) is 5.60 Å². The maximum Gasteiger partial charge on any atom is 0.133 e. The van der Waals surface area contributed by atoms with Crippen molar-refractivity contribution in [2.24, 2.45) is 5.92 Å². The van der Waals surface area contributed by atoms with Crippen molar-refractivity contribution in [2.45, 2.75) is 70.3 Å². The number of carbonyl (C=O) groups is 1. The van der Waals surface area contributed by atoms with Crippen molar-refractivity contribution in [3.63, 3.8) is 0 Å². The van der Waals surface area contributed by atoms with Crippen LogP contribution in [0.15, 0.2) is 0 Å². The van der Waals surface area contributed by atoms with Crippen LogP contribution in [0.1, 0.15) is 64.7 Å². The lowest BCUT2D eigenvalue weighted by Crippen LogP contribution is -2.37. The van der Waals surface area contributed by atoms with Gasteiger partial charge in [0.25, 0.3) is 0 Å². The van der Waals surface area contributed by atoms with Gasteiger partial charge in [0.2, 0.25) is 0 Å². The van der Waals surface area contributed by atoms with Gasteiger partial charge in [0, 0.05) is 19.4 Å². The van der Waals surface area contributed by atoms with Crippen molar-refractivity contribution in [2.75, 3.05) is 6.61 Å². The summed E-state index contributed by atoms with van der Waals surface area (Å²) in [4.78, 5) is 11.7. The normalized spacial score (nSPS) is 28.4. The fraction of sp³-hybridized carbons (Fsp3) is 0.929. The predicted molar refractivity (Wildman–Crippen MR) is 64.4 cm³/mol. The van der Waals surface area contributed by atoms with Crippen LogP contribution in [0.25, 0.3) is 0 Å². The summed E-state index contributed by atoms with van der Waals surface area (Å²) in [6.45, 7) is 2.96. The third-order valence-corrected chi connectivity index (χ3v) is 4.16. The number of rotatable bonds is 4. The Bertz CT molecular complexity index is 241. The van der Waals surface area contributed by atoms with Gasteiger partial charge >= 0.3 is 0 Å². The minimum atomic E-state index is 0.176. The topological polar surface area (TPSA) is 26.3 Å². The summed E-state index contributed by atoms with van der Waals surface area (Å²) >= 11 is 0. The molecular formula is C14H24O2. The van der Waals surface area contributed by atoms with Crippen molar-refractivity contribution < 1.29 is 9.53 Å². The molecular weight excluding hydrogens is 200 g/mol. The molecule has 2 heteroatoms. The van der Waals surface area contributed by atoms with Crippen LogP contribution in [0, 0.1) is 5.92 Å². The highest BCUT2D eigenvalue weighted by Gasteiger charge is 2.39. The Morgan fingerprint density at radius 1 is 1.38 bits per heavy atom. The molecule has 0 aromatic rings. The van der Waals surface area contributed by atoms with Crippen LogP contribution in [0.3, 0.4) is 0 Å². The molecule has 1 aliphatic heterocycles. The Kier molecular flexibility index (Phi) is 4.01. The number of ketones is 1. The second-order valence-electron chi connectivity index (χ2n) is 5.59. The molecule has 16 heavy (non-hydrogen) atoms. The lowest BCUT2D eigenvalue weighted by molar-refractivity contribution is -0.124. The van der Waals surface area contributed by atoms with Gasteiger partial charge in [-0.2, -0.15) is 0 Å². The van der Waals surface area contributed by atoms with Crippen molar-refractivity contribution in [3.8, 4) is 0 Å². The van der Waals surface area contributed by atoms with E-state index < -0.39 is 0 Å². The fourth-order valence-corrected chi connectivity index (χ4v) is 3.37. The van der Waals surface area contributed by atoms with Crippen molar-refractivity contribution >= 4 is 5.78 Å². The number of carbonyl (C=O) groups excluding carboxylic acids is 1. The van der Waals surface area contributed by atoms with Crippen LogP contribution in [0.4, 0.5) is 0 Å². The Morgan fingerprint density at radius 2 is 2.12 bits per heavy atom. The van der Waals surface area contributed by atoms with Gasteiger partial charge in [0.15, 0.2) is 0 Å². The van der Waals surface area contributed by atoms with Crippen LogP contribution in [-0.4, -0.2) is 18.0 Å². The average Bonchev–Trinajstić information content (AvgIpc) is 2.66. The Labute approximate surface area is 98.7 Å². The molecule has 2 aliphatic rings. The Hall–Kier alpha value is -0.370. The molecule has 2 fully saturated rings. The van der Waals surface area contributed by atoms with Gasteiger partial charge in [0.1, 0.15) is 5.78 Å². The summed E-state index contributed by atoms with van der Waals surface area (Å²) < 4.78 is 5.99. The largest absolute Gasteiger partial charge is 0.375 e. The summed E-state index contributed by atoms with van der Waals surface area (Å²) in [5, 5.41) is 0. The number of hydrogen-bond acceptors (Lipinski definition) is 2. The Balaban J connectivity index is 1.84. The average molecular weight is 224 g/mol. The first-order chi connectivity index (χ1) is 7.74. The second kappa shape index (κ2) is 5.31. The van der Waals surface area contributed by atoms with Gasteiger partial charge in [-0.3, -0.25) is 4.79 Å². The molecule has 1 unspecified atom stereocenters. The first kappa shape index (κ1) is 12.1. The summed E-state index contributed by atoms with van der Waals surface area (Å²) in [7, 11) is 0. The maximum absolute atomic E-state index is 11.7. The third-order valence-electron chi connectivity index (χ3n) is 4.16. The zero-order chi connectivity index (χ0) is 11.4. The molecule has 92 valence electrons. The minimum absolute atomic E-state index is 0.176. The first-order valence-electron chi connectivity index (χ1n) is 6.90. The van der Waals surface area contributed by atoms with E-state index in [0.717, 1.165) is 38.7 Å². The molecule has 0 aromatic heterocycles. The number of ether oxygens (including phenoxy) is 1. The highest BCUT2D eigenvalue weighted by Crippen LogP contribution is 2.42. The van der Waals surface area contributed by atoms with Crippen LogP contribution < -0.4 is 0 Å². The van der Waals surface area contributed by atoms with E-state index >= 15 is 0 Å². The predicted octanol–water partition coefficient (Wildman–Crippen LogP) is 3.49. The molecule has 2 rings (SSSR count). The van der Waals surface area contributed by atoms with E-state index in [1.807, 2.05) is 0 Å². The molecule has 0 amide bonds. The van der Waals surface area contributed by atoms with E-state index in [9.17, 15) is 4.79 Å². The van der Waals surface area contributed by atoms with Gasteiger partial charge < -0.3 is 4.74 Å². The van der Waals surface area contributed by atoms with Crippen LogP contribution in [-0.2, 0) is 9.53 Å². The van der Waals surface area contributed by atoms with E-state index in [1.165, 1.54) is 25.7 Å². The van der Waals surface area contributed by atoms with E-state index in [1.54, 1.807) is 0 Å². The zero-order valence-corrected chi connectivity index (χ0v) is 10.5. The summed E-state index contributed by atoms with van der Waals surface area (Å²) in [6, 6.07) is 0. The molecule has 1 saturated heterocycles. The van der Waals surface area contributed by atoms with Crippen molar-refractivity contribution in [1.82, 2.24) is 0 Å². The smallest absolute Gasteiger partial charge is 0.133 e. The van der Waals surface area contributed by atoms with Crippen LogP contribution in [0.2, 0.25) is 0 Å². The number of Topliss-reactive ketones (excluding diaryl/α,β-unsaturated/α-hetero) is 1. The van der Waals surface area contributed by atoms with Crippen molar-refractivity contribution in [1.29, 1.82) is 0 Å². The maximum atomic E-state index is 11.7. The Morgan fingerprint density at radius 3 is 2.81 bits per heavy atom. The van der Waals surface area contributed by atoms with Gasteiger partial charge in [-0.15, -0.1) is 0 Å². The molecule has 0 N–H and O–H groups in total. The second-order valence-corrected chi connectivity index (χ2v) is 5.59. The fourth-order valence-electron chi connectivity index (χ4n) is 3.37. The zero-order valence-electron chi connectivity index (χ0n) is 10.5. The lowest BCUT2D eigenvalue weighted by Gasteiger charge is -2.38. The number of hydrogen-bond donors (Lipinski definition) is 0. The van der Waals surface area contributed by atoms with E-state index in [-0.39, 0.29) is 5.60 Å². The van der Waals surface area contributed by atoms with Crippen LogP contribution >= 0.6 is 0 Å². The SMILES string of the molecule is CCCC(=O)CC1CCOC2(CCCC2)C1. The monoisotopic (exact) mass is 224 g/mol. The van der Waals surface area contributed by atoms with Crippen molar-refractivity contribution in [3.05, 3.63) is 0 Å². The highest BCUT2D eigenvalue weighted by molar-refractivity contribution is 5.78. The van der Waals surface area contributed by atoms with Gasteiger partial charge in [-0.05, 0) is 38.0 Å². The summed E-state index contributed by atoms with van der Waals surface area (Å²) in [6.07, 6.45) is 9.89. The van der Waals surface area contributed by atoms with E-state index in [2.05, 4.69) is 6.92 Å². The van der Waals surface area contributed by atoms with Gasteiger partial charge in [-0.1, -0.05) is 19.8 Å². The highest BCUT2D eigenvalue weighted by atomic mass is 16.5. The standard InChI is InChI=1S/C14H24O2/c1-2-5-13(15)10-12-6-9-16-14(11-12)7-3-4-8-14/h12H,2-11H2,1H3. The molecule has 1 heterocycles. The summed E-state index contributed by atoms with van der Waals surface area (Å²) in [5.41, 5.74) is 0.176. The molecule has 2 nitrogen and oxygen atoms in total. The van der Waals surface area contributed by atoms with E-state index in [0.29, 0.717) is 11.7 Å². The summed E-state index contributed by atoms with van der Waals surface area (Å²) in [5.74, 6) is 1.06. The molecule has 1 spiro atoms. The molecule has 1 aliphatic carbocycles. The third kappa shape index (κ3) is 2.85. The minimum Gasteiger partial charge on any atom is -0.375 e.